The van der Waals surface area contributed by atoms with Gasteiger partial charge in [0.15, 0.2) is 5.84 Å². The van der Waals surface area contributed by atoms with Crippen molar-refractivity contribution in [2.45, 2.75) is 11.4 Å². The van der Waals surface area contributed by atoms with E-state index in [0.717, 1.165) is 6.34 Å². The molecule has 2 heterocycles. The van der Waals surface area contributed by atoms with E-state index in [9.17, 15) is 9.59 Å². The molecule has 10 nitrogen and oxygen atoms in total. The Hall–Kier alpha value is -2.69. The summed E-state index contributed by atoms with van der Waals surface area (Å²) < 4.78 is 9.81. The smallest absolute Gasteiger partial charge is 0.365 e. The molecule has 122 valence electrons. The van der Waals surface area contributed by atoms with Crippen LogP contribution in [-0.2, 0) is 19.1 Å². The van der Waals surface area contributed by atoms with E-state index in [-0.39, 0.29) is 24.8 Å². The van der Waals surface area contributed by atoms with Crippen molar-refractivity contribution in [1.82, 2.24) is 5.32 Å². The zero-order valence-corrected chi connectivity index (χ0v) is 12.2. The van der Waals surface area contributed by atoms with Crippen LogP contribution in [0.2, 0.25) is 0 Å². The number of aliphatic imine (C=N–C) groups is 3. The second-order valence-electron chi connectivity index (χ2n) is 4.63. The lowest BCUT2D eigenvalue weighted by Gasteiger charge is -2.38. The van der Waals surface area contributed by atoms with Gasteiger partial charge in [-0.05, 0) is 0 Å². The largest absolute Gasteiger partial charge is 0.459 e. The Bertz CT molecular complexity index is 655. The predicted molar refractivity (Wildman–Crippen MR) is 82.6 cm³/mol. The van der Waals surface area contributed by atoms with Crippen molar-refractivity contribution in [3.05, 3.63) is 25.3 Å². The monoisotopic (exact) mass is 320 g/mol. The van der Waals surface area contributed by atoms with Gasteiger partial charge >= 0.3 is 11.9 Å². The quantitative estimate of drug-likeness (QED) is 0.385. The van der Waals surface area contributed by atoms with Crippen molar-refractivity contribution < 1.29 is 19.1 Å². The second-order valence-corrected chi connectivity index (χ2v) is 4.63. The molecular formula is C13H16N6O4. The highest BCUT2D eigenvalue weighted by Gasteiger charge is 2.56. The van der Waals surface area contributed by atoms with Gasteiger partial charge in [-0.3, -0.25) is 11.5 Å². The summed E-state index contributed by atoms with van der Waals surface area (Å²) in [7, 11) is 0. The van der Waals surface area contributed by atoms with Crippen molar-refractivity contribution in [2.24, 2.45) is 26.4 Å². The van der Waals surface area contributed by atoms with E-state index in [1.807, 2.05) is 0 Å². The van der Waals surface area contributed by atoms with Gasteiger partial charge in [0.2, 0.25) is 5.66 Å². The van der Waals surface area contributed by atoms with Gasteiger partial charge in [-0.1, -0.05) is 25.3 Å². The Morgan fingerprint density at radius 3 is 2.43 bits per heavy atom. The predicted octanol–water partition coefficient (Wildman–Crippen LogP) is -1.80. The van der Waals surface area contributed by atoms with Crippen LogP contribution in [0.4, 0.5) is 0 Å². The zero-order valence-electron chi connectivity index (χ0n) is 12.2. The van der Waals surface area contributed by atoms with Crippen molar-refractivity contribution in [3.8, 4) is 0 Å². The fourth-order valence-corrected chi connectivity index (χ4v) is 1.91. The highest BCUT2D eigenvalue weighted by molar-refractivity contribution is 6.52. The first-order valence-electron chi connectivity index (χ1n) is 6.52. The molecule has 23 heavy (non-hydrogen) atoms. The number of hydrogen-bond donors (Lipinski definition) is 3. The van der Waals surface area contributed by atoms with Gasteiger partial charge in [0.05, 0.1) is 0 Å². The number of carbonyl (C=O) groups is 2. The zero-order chi connectivity index (χ0) is 17.1. The van der Waals surface area contributed by atoms with E-state index >= 15 is 0 Å². The summed E-state index contributed by atoms with van der Waals surface area (Å²) >= 11 is 0. The molecule has 2 aliphatic rings. The summed E-state index contributed by atoms with van der Waals surface area (Å²) in [6.45, 7) is 6.68. The topological polar surface area (TPSA) is 154 Å². The third-order valence-corrected chi connectivity index (χ3v) is 2.92. The number of ether oxygens (including phenoxy) is 2. The van der Waals surface area contributed by atoms with Crippen LogP contribution in [0, 0.1) is 0 Å². The molecule has 2 aliphatic heterocycles. The minimum Gasteiger partial charge on any atom is -0.459 e. The first kappa shape index (κ1) is 16.7. The van der Waals surface area contributed by atoms with Crippen LogP contribution in [0.5, 0.6) is 0 Å². The molecule has 5 N–H and O–H groups in total. The lowest BCUT2D eigenvalue weighted by Crippen LogP contribution is -2.79. The molecule has 0 fully saturated rings. The third kappa shape index (κ3) is 2.95. The van der Waals surface area contributed by atoms with Crippen molar-refractivity contribution >= 4 is 29.8 Å². The molecule has 0 aromatic heterocycles. The minimum absolute atomic E-state index is 0.0100. The Morgan fingerprint density at radius 2 is 1.83 bits per heavy atom. The second kappa shape index (κ2) is 6.20. The van der Waals surface area contributed by atoms with Crippen molar-refractivity contribution in [3.63, 3.8) is 0 Å². The van der Waals surface area contributed by atoms with E-state index in [4.69, 9.17) is 20.9 Å². The number of nitrogens with two attached hydrogens (primary N) is 2. The molecule has 0 aromatic carbocycles. The first-order chi connectivity index (χ1) is 10.9. The molecule has 0 aliphatic carbocycles. The van der Waals surface area contributed by atoms with Crippen LogP contribution < -0.4 is 16.8 Å². The molecule has 10 heteroatoms. The van der Waals surface area contributed by atoms with Crippen molar-refractivity contribution in [1.29, 1.82) is 0 Å². The van der Waals surface area contributed by atoms with Crippen LogP contribution in [0.3, 0.4) is 0 Å². The molecule has 0 saturated heterocycles. The standard InChI is InChI=1S/C13H16N6O4/c1-3-5-22-10(20)12(14)8-9(17-7-16-8)18-13(15,19-12)11(21)23-6-4-2/h3-4,7,19H,1-2,5-6,14-15H2. The molecule has 0 spiro atoms. The Morgan fingerprint density at radius 1 is 1.22 bits per heavy atom. The van der Waals surface area contributed by atoms with Crippen LogP contribution >= 0.6 is 0 Å². The van der Waals surface area contributed by atoms with Gasteiger partial charge in [-0.25, -0.2) is 29.9 Å². The number of esters is 2. The maximum Gasteiger partial charge on any atom is 0.365 e. The summed E-state index contributed by atoms with van der Waals surface area (Å²) in [4.78, 5) is 36.0. The van der Waals surface area contributed by atoms with Gasteiger partial charge in [-0.2, -0.15) is 0 Å². The fourth-order valence-electron chi connectivity index (χ4n) is 1.91. The maximum absolute atomic E-state index is 12.3. The maximum atomic E-state index is 12.3. The van der Waals surface area contributed by atoms with Crippen LogP contribution in [0.15, 0.2) is 40.3 Å². The van der Waals surface area contributed by atoms with Crippen LogP contribution in [0.25, 0.3) is 0 Å². The lowest BCUT2D eigenvalue weighted by atomic mass is 10.00. The Kier molecular flexibility index (Phi) is 4.50. The number of fused-ring (bicyclic) bond motifs is 1. The number of nitrogens with one attached hydrogen (secondary N) is 1. The first-order valence-corrected chi connectivity index (χ1v) is 6.52. The number of nitrogens with zero attached hydrogens (tertiary/aromatic N) is 3. The Labute approximate surface area is 131 Å². The van der Waals surface area contributed by atoms with Gasteiger partial charge in [0.25, 0.3) is 5.79 Å². The van der Waals surface area contributed by atoms with Gasteiger partial charge in [-0.15, -0.1) is 0 Å². The Balaban J connectivity index is 2.37. The van der Waals surface area contributed by atoms with E-state index in [1.165, 1.54) is 12.2 Å². The number of hydrogen-bond acceptors (Lipinski definition) is 10. The number of carbonyl (C=O) groups excluding carboxylic acids is 2. The van der Waals surface area contributed by atoms with E-state index < -0.39 is 23.4 Å². The number of rotatable bonds is 6. The lowest BCUT2D eigenvalue weighted by molar-refractivity contribution is -0.154. The summed E-state index contributed by atoms with van der Waals surface area (Å²) in [6.07, 6.45) is 3.85. The highest BCUT2D eigenvalue weighted by atomic mass is 16.5. The normalized spacial score (nSPS) is 28.3. The molecule has 2 atom stereocenters. The summed E-state index contributed by atoms with van der Waals surface area (Å²) in [5, 5.41) is 2.43. The molecule has 0 radical (unpaired) electrons. The average molecular weight is 320 g/mol. The van der Waals surface area contributed by atoms with E-state index in [1.54, 1.807) is 0 Å². The van der Waals surface area contributed by atoms with E-state index in [0.29, 0.717) is 0 Å². The van der Waals surface area contributed by atoms with Crippen molar-refractivity contribution in [2.75, 3.05) is 13.2 Å². The molecular weight excluding hydrogens is 304 g/mol. The summed E-state index contributed by atoms with van der Waals surface area (Å²) in [6, 6.07) is 0. The average Bonchev–Trinajstić information content (AvgIpc) is 2.98. The molecule has 0 saturated carbocycles. The van der Waals surface area contributed by atoms with Gasteiger partial charge in [0, 0.05) is 0 Å². The molecule has 2 rings (SSSR count). The highest BCUT2D eigenvalue weighted by Crippen LogP contribution is 2.21. The fraction of sp³-hybridized carbons (Fsp3) is 0.308. The van der Waals surface area contributed by atoms with Gasteiger partial charge in [0.1, 0.15) is 25.3 Å². The number of amidine groups is 1. The SMILES string of the molecule is C=CCOC(=O)C1(N)N=C2N=CN=C2C(N)(C(=O)OCC=C)N1. The molecule has 2 unspecified atom stereocenters. The van der Waals surface area contributed by atoms with Crippen LogP contribution in [-0.4, -0.2) is 54.5 Å². The minimum atomic E-state index is -2.12. The summed E-state index contributed by atoms with van der Waals surface area (Å²) in [5.41, 5.74) is 9.92. The van der Waals surface area contributed by atoms with Crippen LogP contribution in [0.1, 0.15) is 0 Å². The van der Waals surface area contributed by atoms with E-state index in [2.05, 4.69) is 33.5 Å². The third-order valence-electron chi connectivity index (χ3n) is 2.92. The molecule has 0 bridgehead atoms. The summed E-state index contributed by atoms with van der Waals surface area (Å²) in [5.74, 6) is -4.06. The molecule has 0 amide bonds. The molecule has 0 aromatic rings. The van der Waals surface area contributed by atoms with Gasteiger partial charge < -0.3 is 9.47 Å².